The van der Waals surface area contributed by atoms with Crippen LogP contribution in [0.25, 0.3) is 0 Å². The van der Waals surface area contributed by atoms with Crippen LogP contribution < -0.4 is 10.6 Å². The van der Waals surface area contributed by atoms with Gasteiger partial charge in [-0.3, -0.25) is 19.7 Å². The Bertz CT molecular complexity index is 1070. The predicted octanol–water partition coefficient (Wildman–Crippen LogP) is 3.36. The Hall–Kier alpha value is -3.18. The summed E-state index contributed by atoms with van der Waals surface area (Å²) >= 11 is 4.55. The molecule has 1 aromatic heterocycles. The molecule has 0 aliphatic carbocycles. The number of nitrogens with one attached hydrogen (secondary N) is 2. The summed E-state index contributed by atoms with van der Waals surface area (Å²) in [5.74, 6) is -0.480. The van der Waals surface area contributed by atoms with Crippen molar-refractivity contribution in [1.82, 2.24) is 15.5 Å². The Kier molecular flexibility index (Phi) is 7.20. The van der Waals surface area contributed by atoms with Gasteiger partial charge in [-0.2, -0.15) is 0 Å². The van der Waals surface area contributed by atoms with Crippen LogP contribution in [0.5, 0.6) is 0 Å². The van der Waals surface area contributed by atoms with E-state index >= 15 is 0 Å². The van der Waals surface area contributed by atoms with Gasteiger partial charge >= 0.3 is 0 Å². The molecule has 0 atom stereocenters. The minimum atomic E-state index is -0.492. The van der Waals surface area contributed by atoms with Gasteiger partial charge in [-0.25, -0.2) is 0 Å². The molecule has 0 saturated carbocycles. The second-order valence-corrected chi connectivity index (χ2v) is 8.14. The van der Waals surface area contributed by atoms with Gasteiger partial charge in [0, 0.05) is 35.1 Å². The van der Waals surface area contributed by atoms with Gasteiger partial charge in [-0.1, -0.05) is 45.5 Å². The molecule has 0 saturated heterocycles. The summed E-state index contributed by atoms with van der Waals surface area (Å²) in [6.45, 7) is 0.386. The highest BCUT2D eigenvalue weighted by Crippen LogP contribution is 2.17. The van der Waals surface area contributed by atoms with Gasteiger partial charge in [0.05, 0.1) is 11.3 Å². The number of carbonyl (C=O) groups is 2. The van der Waals surface area contributed by atoms with Crippen LogP contribution >= 0.6 is 27.3 Å². The fourth-order valence-electron chi connectivity index (χ4n) is 2.50. The fraction of sp³-hybridized carbons (Fsp3) is 0.158. The van der Waals surface area contributed by atoms with E-state index in [1.54, 1.807) is 18.2 Å². The lowest BCUT2D eigenvalue weighted by molar-refractivity contribution is -0.384. The summed E-state index contributed by atoms with van der Waals surface area (Å²) in [5, 5.41) is 25.1. The molecule has 1 heterocycles. The highest BCUT2D eigenvalue weighted by Gasteiger charge is 2.11. The molecule has 0 unspecified atom stereocenters. The van der Waals surface area contributed by atoms with E-state index in [-0.39, 0.29) is 23.9 Å². The maximum absolute atomic E-state index is 12.1. The second-order valence-electron chi connectivity index (χ2n) is 6.17. The van der Waals surface area contributed by atoms with Crippen molar-refractivity contribution in [2.75, 3.05) is 11.9 Å². The molecule has 30 heavy (non-hydrogen) atoms. The first-order valence-electron chi connectivity index (χ1n) is 8.80. The van der Waals surface area contributed by atoms with E-state index in [0.29, 0.717) is 34.2 Å². The molecule has 2 aromatic carbocycles. The molecule has 3 rings (SSSR count). The van der Waals surface area contributed by atoms with Crippen molar-refractivity contribution in [3.63, 3.8) is 0 Å². The smallest absolute Gasteiger partial charge is 0.269 e. The summed E-state index contributed by atoms with van der Waals surface area (Å²) in [6.07, 6.45) is 0.547. The lowest BCUT2D eigenvalue weighted by Gasteiger charge is -2.04. The van der Waals surface area contributed by atoms with E-state index in [1.807, 2.05) is 6.07 Å². The normalized spacial score (nSPS) is 10.4. The predicted molar refractivity (Wildman–Crippen MR) is 116 cm³/mol. The highest BCUT2D eigenvalue weighted by molar-refractivity contribution is 9.10. The van der Waals surface area contributed by atoms with Gasteiger partial charge in [0.2, 0.25) is 11.0 Å². The number of nitrogens with zero attached hydrogens (tertiary/aromatic N) is 3. The van der Waals surface area contributed by atoms with Gasteiger partial charge in [0.25, 0.3) is 11.6 Å². The number of non-ortho nitro benzene ring substituents is 1. The monoisotopic (exact) mass is 489 g/mol. The van der Waals surface area contributed by atoms with Crippen molar-refractivity contribution in [1.29, 1.82) is 0 Å². The molecule has 0 spiro atoms. The van der Waals surface area contributed by atoms with Crippen LogP contribution in [0, 0.1) is 10.1 Å². The average molecular weight is 490 g/mol. The number of nitro groups is 1. The first kappa shape index (κ1) is 21.5. The van der Waals surface area contributed by atoms with Crippen molar-refractivity contribution in [2.24, 2.45) is 0 Å². The number of aromatic nitrogens is 2. The van der Waals surface area contributed by atoms with Crippen LogP contribution in [0.2, 0.25) is 0 Å². The summed E-state index contributed by atoms with van der Waals surface area (Å²) in [7, 11) is 0. The van der Waals surface area contributed by atoms with E-state index in [2.05, 4.69) is 36.8 Å². The molecule has 2 amide bonds. The number of benzene rings is 2. The van der Waals surface area contributed by atoms with E-state index in [0.717, 1.165) is 4.47 Å². The van der Waals surface area contributed by atoms with Gasteiger partial charge in [0.1, 0.15) is 5.01 Å². The number of hydrogen-bond acceptors (Lipinski definition) is 7. The van der Waals surface area contributed by atoms with Crippen LogP contribution in [0.1, 0.15) is 20.9 Å². The molecule has 0 aliphatic heterocycles. The molecule has 0 radical (unpaired) electrons. The first-order valence-corrected chi connectivity index (χ1v) is 10.4. The molecule has 2 N–H and O–H groups in total. The Morgan fingerprint density at radius 1 is 1.13 bits per heavy atom. The summed E-state index contributed by atoms with van der Waals surface area (Å²) in [6, 6.07) is 12.9. The first-order chi connectivity index (χ1) is 14.4. The minimum absolute atomic E-state index is 0.0279. The van der Waals surface area contributed by atoms with Gasteiger partial charge in [-0.05, 0) is 23.8 Å². The lowest BCUT2D eigenvalue weighted by Crippen LogP contribution is -2.25. The number of rotatable bonds is 8. The molecule has 0 bridgehead atoms. The molecule has 3 aromatic rings. The number of hydrogen-bond donors (Lipinski definition) is 2. The third-order valence-corrected chi connectivity index (χ3v) is 5.33. The number of amides is 2. The van der Waals surface area contributed by atoms with E-state index in [1.165, 1.54) is 35.6 Å². The minimum Gasteiger partial charge on any atom is -0.352 e. The number of nitro benzene ring substituents is 1. The largest absolute Gasteiger partial charge is 0.352 e. The number of anilines is 1. The zero-order valence-corrected chi connectivity index (χ0v) is 17.9. The van der Waals surface area contributed by atoms with Crippen LogP contribution in [-0.2, 0) is 17.6 Å². The van der Waals surface area contributed by atoms with E-state index in [4.69, 9.17) is 0 Å². The van der Waals surface area contributed by atoms with E-state index in [9.17, 15) is 19.7 Å². The third kappa shape index (κ3) is 6.16. The average Bonchev–Trinajstić information content (AvgIpc) is 3.15. The van der Waals surface area contributed by atoms with Crippen LogP contribution in [0.15, 0.2) is 53.0 Å². The molecule has 154 valence electrons. The van der Waals surface area contributed by atoms with Crippen molar-refractivity contribution in [3.05, 3.63) is 79.3 Å². The van der Waals surface area contributed by atoms with Crippen molar-refractivity contribution in [3.8, 4) is 0 Å². The molecule has 9 nitrogen and oxygen atoms in total. The van der Waals surface area contributed by atoms with Crippen LogP contribution in [0.4, 0.5) is 10.8 Å². The third-order valence-electron chi connectivity index (χ3n) is 3.94. The Morgan fingerprint density at radius 3 is 2.60 bits per heavy atom. The SMILES string of the molecule is O=C(Cc1ccc([N+](=O)[O-])cc1)Nc1nnc(CCNC(=O)c2cccc(Br)c2)s1. The van der Waals surface area contributed by atoms with Crippen molar-refractivity contribution in [2.45, 2.75) is 12.8 Å². The van der Waals surface area contributed by atoms with Gasteiger partial charge in [-0.15, -0.1) is 10.2 Å². The molecule has 0 fully saturated rings. The number of carbonyl (C=O) groups excluding carboxylic acids is 2. The summed E-state index contributed by atoms with van der Waals surface area (Å²) in [4.78, 5) is 34.4. The van der Waals surface area contributed by atoms with Crippen LogP contribution in [-0.4, -0.2) is 33.5 Å². The molecule has 11 heteroatoms. The zero-order chi connectivity index (χ0) is 21.5. The van der Waals surface area contributed by atoms with Crippen molar-refractivity contribution < 1.29 is 14.5 Å². The Labute approximate surface area is 183 Å². The Morgan fingerprint density at radius 2 is 1.90 bits per heavy atom. The highest BCUT2D eigenvalue weighted by atomic mass is 79.9. The Balaban J connectivity index is 1.45. The maximum atomic E-state index is 12.1. The van der Waals surface area contributed by atoms with Crippen LogP contribution in [0.3, 0.4) is 0 Å². The molecular formula is C19H16BrN5O4S. The van der Waals surface area contributed by atoms with Gasteiger partial charge < -0.3 is 10.6 Å². The summed E-state index contributed by atoms with van der Waals surface area (Å²) in [5.41, 5.74) is 1.18. The molecule has 0 aliphatic rings. The molecular weight excluding hydrogens is 474 g/mol. The fourth-order valence-corrected chi connectivity index (χ4v) is 3.66. The number of halogens is 1. The zero-order valence-electron chi connectivity index (χ0n) is 15.5. The standard InChI is InChI=1S/C19H16BrN5O4S/c20-14-3-1-2-13(11-14)18(27)21-9-8-17-23-24-19(30-17)22-16(26)10-12-4-6-15(7-5-12)25(28)29/h1-7,11H,8-10H2,(H,21,27)(H,22,24,26). The van der Waals surface area contributed by atoms with Gasteiger partial charge in [0.15, 0.2) is 0 Å². The maximum Gasteiger partial charge on any atom is 0.269 e. The van der Waals surface area contributed by atoms with Crippen molar-refractivity contribution >= 4 is 49.9 Å². The van der Waals surface area contributed by atoms with E-state index < -0.39 is 4.92 Å². The lowest BCUT2D eigenvalue weighted by atomic mass is 10.1. The quantitative estimate of drug-likeness (QED) is 0.368. The topological polar surface area (TPSA) is 127 Å². The second kappa shape index (κ2) is 10.0. The summed E-state index contributed by atoms with van der Waals surface area (Å²) < 4.78 is 0.827.